The van der Waals surface area contributed by atoms with Gasteiger partial charge in [0.2, 0.25) is 5.13 Å². The number of hydrogen-bond acceptors (Lipinski definition) is 8. The maximum absolute atomic E-state index is 13.2. The van der Waals surface area contributed by atoms with Gasteiger partial charge in [-0.2, -0.15) is 4.37 Å². The molecule has 1 aliphatic rings. The number of rotatable bonds is 7. The van der Waals surface area contributed by atoms with E-state index in [1.54, 1.807) is 17.0 Å². The molecule has 13 heteroatoms. The minimum absolute atomic E-state index is 0.0663. The zero-order chi connectivity index (χ0) is 23.4. The summed E-state index contributed by atoms with van der Waals surface area (Å²) in [6.45, 7) is 1.98. The average Bonchev–Trinajstić information content (AvgIpc) is 3.32. The van der Waals surface area contributed by atoms with E-state index in [4.69, 9.17) is 16.3 Å². The quantitative estimate of drug-likeness (QED) is 0.520. The molecule has 1 aromatic heterocycles. The van der Waals surface area contributed by atoms with Gasteiger partial charge in [0.05, 0.1) is 9.92 Å². The minimum Gasteiger partial charge on any atom is -0.484 e. The lowest BCUT2D eigenvalue weighted by atomic mass is 10.2. The van der Waals surface area contributed by atoms with Crippen LogP contribution in [0.2, 0.25) is 5.02 Å². The number of nitrogens with one attached hydrogen (secondary N) is 1. The zero-order valence-corrected chi connectivity index (χ0v) is 19.5. The summed E-state index contributed by atoms with van der Waals surface area (Å²) in [7, 11) is -3.74. The third-order valence-corrected chi connectivity index (χ3v) is 7.33. The number of carbonyl (C=O) groups excluding carboxylic acids is 1. The van der Waals surface area contributed by atoms with Crippen molar-refractivity contribution < 1.29 is 22.3 Å². The van der Waals surface area contributed by atoms with E-state index in [-0.39, 0.29) is 27.6 Å². The van der Waals surface area contributed by atoms with E-state index in [0.717, 1.165) is 17.2 Å². The number of aromatic nitrogens is 2. The van der Waals surface area contributed by atoms with Crippen molar-refractivity contribution >= 4 is 49.9 Å². The highest BCUT2D eigenvalue weighted by Crippen LogP contribution is 2.23. The van der Waals surface area contributed by atoms with E-state index in [1.807, 2.05) is 0 Å². The molecular formula is C20H19ClFN5O4S2. The Morgan fingerprint density at radius 1 is 1.15 bits per heavy atom. The molecule has 0 unspecified atom stereocenters. The zero-order valence-electron chi connectivity index (χ0n) is 17.1. The number of amides is 1. The first-order valence-corrected chi connectivity index (χ1v) is 12.5. The molecule has 0 atom stereocenters. The smallest absolute Gasteiger partial charge is 0.263 e. The van der Waals surface area contributed by atoms with Crippen LogP contribution in [0.15, 0.2) is 53.7 Å². The maximum atomic E-state index is 13.2. The molecule has 2 aromatic carbocycles. The van der Waals surface area contributed by atoms with Gasteiger partial charge in [-0.1, -0.05) is 11.6 Å². The van der Waals surface area contributed by atoms with Crippen molar-refractivity contribution in [3.63, 3.8) is 0 Å². The Labute approximate surface area is 199 Å². The second-order valence-electron chi connectivity index (χ2n) is 7.08. The Morgan fingerprint density at radius 2 is 1.88 bits per heavy atom. The van der Waals surface area contributed by atoms with Crippen molar-refractivity contribution in [2.24, 2.45) is 0 Å². The molecule has 0 spiro atoms. The number of ether oxygens (including phenoxy) is 1. The minimum atomic E-state index is -3.74. The lowest BCUT2D eigenvalue weighted by Crippen LogP contribution is -2.50. The molecular weight excluding hydrogens is 493 g/mol. The van der Waals surface area contributed by atoms with Crippen LogP contribution in [0.25, 0.3) is 0 Å². The number of anilines is 2. The molecule has 0 saturated carbocycles. The molecule has 1 amide bonds. The second kappa shape index (κ2) is 9.89. The topological polar surface area (TPSA) is 105 Å². The molecule has 2 heterocycles. The van der Waals surface area contributed by atoms with Gasteiger partial charge in [-0.25, -0.2) is 17.8 Å². The molecule has 1 saturated heterocycles. The van der Waals surface area contributed by atoms with Gasteiger partial charge in [-0.05, 0) is 36.4 Å². The van der Waals surface area contributed by atoms with Crippen molar-refractivity contribution in [2.45, 2.75) is 4.90 Å². The van der Waals surface area contributed by atoms with Crippen LogP contribution in [-0.4, -0.2) is 61.4 Å². The standard InChI is InChI=1S/C20H19ClFN5O4S2/c21-17-11-15(3-6-18(17)22)31-12-19(28)27-9-7-26(8-10-27)14-1-4-16(5-2-14)33(29,30)25-20-23-13-24-32-20/h1-6,11,13H,7-10,12H2,(H,23,24,25). The van der Waals surface area contributed by atoms with Crippen LogP contribution in [0.4, 0.5) is 15.2 Å². The van der Waals surface area contributed by atoms with Crippen LogP contribution in [-0.2, 0) is 14.8 Å². The molecule has 0 aliphatic carbocycles. The third-order valence-electron chi connectivity index (χ3n) is 4.98. The Kier molecular flexibility index (Phi) is 6.96. The highest BCUT2D eigenvalue weighted by molar-refractivity contribution is 7.93. The molecule has 1 N–H and O–H groups in total. The van der Waals surface area contributed by atoms with Crippen LogP contribution >= 0.6 is 23.1 Å². The van der Waals surface area contributed by atoms with Crippen molar-refractivity contribution in [2.75, 3.05) is 42.4 Å². The van der Waals surface area contributed by atoms with E-state index in [0.29, 0.717) is 31.9 Å². The Hall–Kier alpha value is -2.96. The summed E-state index contributed by atoms with van der Waals surface area (Å²) in [5.41, 5.74) is 0.856. The number of sulfonamides is 1. The first-order chi connectivity index (χ1) is 15.8. The number of carbonyl (C=O) groups is 1. The Morgan fingerprint density at radius 3 is 2.52 bits per heavy atom. The van der Waals surface area contributed by atoms with E-state index in [1.165, 1.54) is 36.7 Å². The maximum Gasteiger partial charge on any atom is 0.263 e. The van der Waals surface area contributed by atoms with Gasteiger partial charge in [0.1, 0.15) is 17.9 Å². The SMILES string of the molecule is O=C(COc1ccc(F)c(Cl)c1)N1CCN(c2ccc(S(=O)(=O)Nc3ncns3)cc2)CC1. The van der Waals surface area contributed by atoms with Crippen LogP contribution in [0.1, 0.15) is 0 Å². The van der Waals surface area contributed by atoms with Gasteiger partial charge in [-0.3, -0.25) is 9.52 Å². The molecule has 0 bridgehead atoms. The van der Waals surface area contributed by atoms with Gasteiger partial charge in [-0.15, -0.1) is 0 Å². The summed E-state index contributed by atoms with van der Waals surface area (Å²) >= 11 is 6.68. The lowest BCUT2D eigenvalue weighted by Gasteiger charge is -2.36. The largest absolute Gasteiger partial charge is 0.484 e. The monoisotopic (exact) mass is 511 g/mol. The van der Waals surface area contributed by atoms with Crippen LogP contribution in [0.5, 0.6) is 5.75 Å². The summed E-state index contributed by atoms with van der Waals surface area (Å²) in [4.78, 5) is 20.1. The predicted molar refractivity (Wildman–Crippen MR) is 123 cm³/mol. The summed E-state index contributed by atoms with van der Waals surface area (Å²) in [6, 6.07) is 10.4. The number of nitrogens with zero attached hydrogens (tertiary/aromatic N) is 4. The number of halogens is 2. The molecule has 0 radical (unpaired) electrons. The van der Waals surface area contributed by atoms with Crippen molar-refractivity contribution in [1.29, 1.82) is 0 Å². The molecule has 9 nitrogen and oxygen atoms in total. The second-order valence-corrected chi connectivity index (χ2v) is 9.95. The van der Waals surface area contributed by atoms with Gasteiger partial charge in [0.15, 0.2) is 6.61 Å². The normalized spacial score (nSPS) is 14.2. The summed E-state index contributed by atoms with van der Waals surface area (Å²) in [6.07, 6.45) is 1.28. The molecule has 1 fully saturated rings. The fourth-order valence-electron chi connectivity index (χ4n) is 3.25. The Bertz CT molecular complexity index is 1220. The van der Waals surface area contributed by atoms with E-state index in [2.05, 4.69) is 19.0 Å². The van der Waals surface area contributed by atoms with Crippen molar-refractivity contribution in [1.82, 2.24) is 14.3 Å². The Balaban J connectivity index is 1.29. The lowest BCUT2D eigenvalue weighted by molar-refractivity contribution is -0.133. The summed E-state index contributed by atoms with van der Waals surface area (Å²) in [5.74, 6) is -0.409. The van der Waals surface area contributed by atoms with Gasteiger partial charge in [0, 0.05) is 49.5 Å². The first-order valence-electron chi connectivity index (χ1n) is 9.82. The first kappa shape index (κ1) is 23.2. The summed E-state index contributed by atoms with van der Waals surface area (Å²) in [5, 5.41) is 0.134. The number of piperazine rings is 1. The van der Waals surface area contributed by atoms with E-state index < -0.39 is 15.8 Å². The van der Waals surface area contributed by atoms with Crippen LogP contribution in [0, 0.1) is 5.82 Å². The molecule has 1 aliphatic heterocycles. The van der Waals surface area contributed by atoms with Crippen LogP contribution in [0.3, 0.4) is 0 Å². The average molecular weight is 512 g/mol. The summed E-state index contributed by atoms with van der Waals surface area (Å²) < 4.78 is 49.7. The van der Waals surface area contributed by atoms with Crippen molar-refractivity contribution in [3.8, 4) is 5.75 Å². The molecule has 3 aromatic rings. The van der Waals surface area contributed by atoms with E-state index in [9.17, 15) is 17.6 Å². The van der Waals surface area contributed by atoms with Crippen LogP contribution < -0.4 is 14.4 Å². The van der Waals surface area contributed by atoms with Crippen molar-refractivity contribution in [3.05, 3.63) is 59.6 Å². The highest BCUT2D eigenvalue weighted by atomic mass is 35.5. The van der Waals surface area contributed by atoms with E-state index >= 15 is 0 Å². The highest BCUT2D eigenvalue weighted by Gasteiger charge is 2.22. The predicted octanol–water partition coefficient (Wildman–Crippen LogP) is 2.86. The molecule has 33 heavy (non-hydrogen) atoms. The fourth-order valence-corrected chi connectivity index (χ4v) is 5.08. The van der Waals surface area contributed by atoms with Gasteiger partial charge in [0.25, 0.3) is 15.9 Å². The third kappa shape index (κ3) is 5.70. The number of benzene rings is 2. The molecule has 4 rings (SSSR count). The van der Waals surface area contributed by atoms with Gasteiger partial charge < -0.3 is 14.5 Å². The van der Waals surface area contributed by atoms with Gasteiger partial charge >= 0.3 is 0 Å². The number of hydrogen-bond donors (Lipinski definition) is 1. The molecule has 174 valence electrons. The fraction of sp³-hybridized carbons (Fsp3) is 0.250.